The largest absolute Gasteiger partial charge is 0.354 e. The number of thioether (sulfide) groups is 1. The van der Waals surface area contributed by atoms with Crippen LogP contribution in [0.25, 0.3) is 0 Å². The van der Waals surface area contributed by atoms with Crippen molar-refractivity contribution in [2.75, 3.05) is 31.9 Å². The highest BCUT2D eigenvalue weighted by molar-refractivity contribution is 8.00. The van der Waals surface area contributed by atoms with Crippen LogP contribution in [-0.2, 0) is 9.59 Å². The van der Waals surface area contributed by atoms with Gasteiger partial charge in [-0.3, -0.25) is 14.4 Å². The Morgan fingerprint density at radius 3 is 2.13 bits per heavy atom. The molecule has 0 aromatic heterocycles. The van der Waals surface area contributed by atoms with E-state index in [9.17, 15) is 14.4 Å². The molecule has 0 atom stereocenters. The van der Waals surface area contributed by atoms with Crippen molar-refractivity contribution in [2.45, 2.75) is 17.7 Å². The Morgan fingerprint density at radius 2 is 1.47 bits per heavy atom. The minimum Gasteiger partial charge on any atom is -0.354 e. The number of nitrogens with zero attached hydrogens (tertiary/aromatic N) is 1. The van der Waals surface area contributed by atoms with E-state index in [1.807, 2.05) is 53.4 Å². The van der Waals surface area contributed by atoms with E-state index in [4.69, 9.17) is 0 Å². The van der Waals surface area contributed by atoms with Crippen LogP contribution in [0.3, 0.4) is 0 Å². The molecule has 0 spiro atoms. The normalized spacial score (nSPS) is 14.2. The van der Waals surface area contributed by atoms with Gasteiger partial charge in [0.25, 0.3) is 5.91 Å². The summed E-state index contributed by atoms with van der Waals surface area (Å²) in [7, 11) is 0. The van der Waals surface area contributed by atoms with Crippen LogP contribution in [0.5, 0.6) is 0 Å². The molecule has 1 aliphatic rings. The molecular weight excluding hydrogens is 398 g/mol. The molecule has 0 saturated carbocycles. The predicted octanol–water partition coefficient (Wildman–Crippen LogP) is 2.56. The molecule has 3 rings (SSSR count). The van der Waals surface area contributed by atoms with Gasteiger partial charge in [0.2, 0.25) is 11.8 Å². The van der Waals surface area contributed by atoms with E-state index < -0.39 is 0 Å². The predicted molar refractivity (Wildman–Crippen MR) is 118 cm³/mol. The van der Waals surface area contributed by atoms with Gasteiger partial charge in [-0.25, -0.2) is 0 Å². The van der Waals surface area contributed by atoms with Crippen LogP contribution in [0, 0.1) is 5.92 Å². The van der Waals surface area contributed by atoms with E-state index in [1.165, 1.54) is 11.8 Å². The van der Waals surface area contributed by atoms with Crippen molar-refractivity contribution in [3.05, 3.63) is 66.2 Å². The SMILES string of the molecule is O=C(NCCNC(=O)C1CCN(C(=O)CSc2ccccc2)CC1)c1ccccc1. The summed E-state index contributed by atoms with van der Waals surface area (Å²) >= 11 is 1.54. The fraction of sp³-hybridized carbons (Fsp3) is 0.348. The van der Waals surface area contributed by atoms with Crippen molar-refractivity contribution < 1.29 is 14.4 Å². The molecular formula is C23H27N3O3S. The fourth-order valence-electron chi connectivity index (χ4n) is 3.34. The van der Waals surface area contributed by atoms with Crippen LogP contribution in [0.1, 0.15) is 23.2 Å². The number of carbonyl (C=O) groups excluding carboxylic acids is 3. The van der Waals surface area contributed by atoms with Gasteiger partial charge < -0.3 is 15.5 Å². The smallest absolute Gasteiger partial charge is 0.251 e. The van der Waals surface area contributed by atoms with E-state index >= 15 is 0 Å². The van der Waals surface area contributed by atoms with Crippen molar-refractivity contribution in [2.24, 2.45) is 5.92 Å². The van der Waals surface area contributed by atoms with E-state index in [-0.39, 0.29) is 23.6 Å². The Morgan fingerprint density at radius 1 is 0.867 bits per heavy atom. The number of rotatable bonds is 8. The van der Waals surface area contributed by atoms with Gasteiger partial charge in [-0.2, -0.15) is 0 Å². The monoisotopic (exact) mass is 425 g/mol. The molecule has 0 radical (unpaired) electrons. The van der Waals surface area contributed by atoms with Gasteiger partial charge in [-0.1, -0.05) is 36.4 Å². The first-order chi connectivity index (χ1) is 14.6. The Kier molecular flexibility index (Phi) is 8.32. The molecule has 1 aliphatic heterocycles. The molecule has 158 valence electrons. The third kappa shape index (κ3) is 6.62. The summed E-state index contributed by atoms with van der Waals surface area (Å²) in [6.45, 7) is 1.99. The minimum absolute atomic E-state index is 0.00489. The Balaban J connectivity index is 1.31. The summed E-state index contributed by atoms with van der Waals surface area (Å²) in [5.74, 6) is 0.300. The summed E-state index contributed by atoms with van der Waals surface area (Å²) in [5.41, 5.74) is 0.603. The van der Waals surface area contributed by atoms with Crippen LogP contribution < -0.4 is 10.6 Å². The van der Waals surface area contributed by atoms with E-state index in [2.05, 4.69) is 10.6 Å². The van der Waals surface area contributed by atoms with Crippen molar-refractivity contribution in [3.8, 4) is 0 Å². The van der Waals surface area contributed by atoms with Gasteiger partial charge in [-0.15, -0.1) is 11.8 Å². The minimum atomic E-state index is -0.148. The van der Waals surface area contributed by atoms with Gasteiger partial charge in [-0.05, 0) is 37.1 Å². The summed E-state index contributed by atoms with van der Waals surface area (Å²) in [4.78, 5) is 39.7. The molecule has 7 heteroatoms. The van der Waals surface area contributed by atoms with Crippen LogP contribution in [0.15, 0.2) is 65.6 Å². The highest BCUT2D eigenvalue weighted by atomic mass is 32.2. The molecule has 1 heterocycles. The Bertz CT molecular complexity index is 837. The van der Waals surface area contributed by atoms with Gasteiger partial charge in [0.1, 0.15) is 0 Å². The summed E-state index contributed by atoms with van der Waals surface area (Å²) in [6, 6.07) is 18.9. The van der Waals surface area contributed by atoms with Gasteiger partial charge in [0.05, 0.1) is 5.75 Å². The molecule has 0 unspecified atom stereocenters. The molecule has 1 saturated heterocycles. The lowest BCUT2D eigenvalue weighted by atomic mass is 9.96. The zero-order valence-electron chi connectivity index (χ0n) is 16.9. The quantitative estimate of drug-likeness (QED) is 0.503. The Labute approximate surface area is 181 Å². The van der Waals surface area contributed by atoms with Crippen LogP contribution in [0.4, 0.5) is 0 Å². The number of hydrogen-bond donors (Lipinski definition) is 2. The first-order valence-electron chi connectivity index (χ1n) is 10.2. The molecule has 0 bridgehead atoms. The molecule has 1 fully saturated rings. The standard InChI is InChI=1S/C23H27N3O3S/c27-21(17-30-20-9-5-2-6-10-20)26-15-11-19(12-16-26)23(29)25-14-13-24-22(28)18-7-3-1-4-8-18/h1-10,19H,11-17H2,(H,24,28)(H,25,29). The van der Waals surface area contributed by atoms with E-state index in [1.54, 1.807) is 12.1 Å². The number of carbonyl (C=O) groups is 3. The maximum absolute atomic E-state index is 12.4. The van der Waals surface area contributed by atoms with Crippen molar-refractivity contribution >= 4 is 29.5 Å². The third-order valence-electron chi connectivity index (χ3n) is 5.07. The maximum Gasteiger partial charge on any atom is 0.251 e. The second-order valence-corrected chi connectivity index (χ2v) is 8.22. The summed E-state index contributed by atoms with van der Waals surface area (Å²) in [5, 5.41) is 5.69. The second kappa shape index (κ2) is 11.4. The molecule has 0 aliphatic carbocycles. The Hall–Kier alpha value is -2.80. The summed E-state index contributed by atoms with van der Waals surface area (Å²) in [6.07, 6.45) is 1.34. The fourth-order valence-corrected chi connectivity index (χ4v) is 4.16. The van der Waals surface area contributed by atoms with Crippen LogP contribution in [0.2, 0.25) is 0 Å². The average Bonchev–Trinajstić information content (AvgIpc) is 2.81. The molecule has 30 heavy (non-hydrogen) atoms. The van der Waals surface area contributed by atoms with Crippen LogP contribution in [-0.4, -0.2) is 54.6 Å². The van der Waals surface area contributed by atoms with Gasteiger partial charge in [0, 0.05) is 42.6 Å². The molecule has 2 aromatic carbocycles. The topological polar surface area (TPSA) is 78.5 Å². The number of likely N-dealkylation sites (tertiary alicyclic amines) is 1. The number of nitrogens with one attached hydrogen (secondary N) is 2. The average molecular weight is 426 g/mol. The van der Waals surface area contributed by atoms with Crippen molar-refractivity contribution in [3.63, 3.8) is 0 Å². The highest BCUT2D eigenvalue weighted by Gasteiger charge is 2.27. The number of hydrogen-bond acceptors (Lipinski definition) is 4. The molecule has 2 N–H and O–H groups in total. The van der Waals surface area contributed by atoms with Crippen molar-refractivity contribution in [1.82, 2.24) is 15.5 Å². The zero-order valence-corrected chi connectivity index (χ0v) is 17.7. The third-order valence-corrected chi connectivity index (χ3v) is 6.07. The lowest BCUT2D eigenvalue weighted by Crippen LogP contribution is -2.44. The second-order valence-electron chi connectivity index (χ2n) is 7.17. The van der Waals surface area contributed by atoms with E-state index in [0.29, 0.717) is 50.3 Å². The zero-order chi connectivity index (χ0) is 21.2. The maximum atomic E-state index is 12.4. The lowest BCUT2D eigenvalue weighted by molar-refractivity contribution is -0.133. The molecule has 6 nitrogen and oxygen atoms in total. The lowest BCUT2D eigenvalue weighted by Gasteiger charge is -2.31. The number of benzene rings is 2. The number of amides is 3. The van der Waals surface area contributed by atoms with Gasteiger partial charge >= 0.3 is 0 Å². The molecule has 3 amide bonds. The van der Waals surface area contributed by atoms with Gasteiger partial charge in [0.15, 0.2) is 0 Å². The highest BCUT2D eigenvalue weighted by Crippen LogP contribution is 2.21. The first kappa shape index (κ1) is 21.9. The van der Waals surface area contributed by atoms with E-state index in [0.717, 1.165) is 4.90 Å². The first-order valence-corrected chi connectivity index (χ1v) is 11.2. The van der Waals surface area contributed by atoms with Crippen LogP contribution >= 0.6 is 11.8 Å². The number of piperidine rings is 1. The molecule has 2 aromatic rings. The van der Waals surface area contributed by atoms with Crippen molar-refractivity contribution in [1.29, 1.82) is 0 Å². The summed E-state index contributed by atoms with van der Waals surface area (Å²) < 4.78 is 0.